The van der Waals surface area contributed by atoms with Crippen molar-refractivity contribution in [2.75, 3.05) is 7.05 Å². The molecule has 0 fully saturated rings. The molecule has 2 N–H and O–H groups in total. The zero-order valence-electron chi connectivity index (χ0n) is 12.3. The molecule has 1 aromatic carbocycles. The fourth-order valence-corrected chi connectivity index (χ4v) is 3.55. The number of aromatic nitrogens is 1. The van der Waals surface area contributed by atoms with Crippen molar-refractivity contribution in [1.82, 2.24) is 9.47 Å². The Morgan fingerprint density at radius 1 is 1.26 bits per heavy atom. The van der Waals surface area contributed by atoms with E-state index in [1.807, 2.05) is 0 Å². The van der Waals surface area contributed by atoms with Gasteiger partial charge < -0.3 is 10.3 Å². The average Bonchev–Trinajstić information content (AvgIpc) is 2.80. The first-order chi connectivity index (χ1) is 9.02. The third-order valence-electron chi connectivity index (χ3n) is 4.35. The van der Waals surface area contributed by atoms with Crippen molar-refractivity contribution in [1.29, 1.82) is 0 Å². The van der Waals surface area contributed by atoms with Crippen LogP contribution in [0.25, 0.3) is 10.9 Å². The lowest BCUT2D eigenvalue weighted by Crippen LogP contribution is -2.08. The van der Waals surface area contributed by atoms with Crippen LogP contribution in [0, 0.1) is 6.92 Å². The molecule has 0 saturated heterocycles. The molecule has 1 unspecified atom stereocenters. The van der Waals surface area contributed by atoms with Crippen LogP contribution in [0.1, 0.15) is 42.3 Å². The summed E-state index contributed by atoms with van der Waals surface area (Å²) in [4.78, 5) is 2.36. The highest BCUT2D eigenvalue weighted by Crippen LogP contribution is 2.34. The van der Waals surface area contributed by atoms with Gasteiger partial charge in [0.25, 0.3) is 0 Å². The topological polar surface area (TPSA) is 34.2 Å². The quantitative estimate of drug-likeness (QED) is 0.897. The Morgan fingerprint density at radius 2 is 1.89 bits per heavy atom. The summed E-state index contributed by atoms with van der Waals surface area (Å²) < 4.78 is 2.40. The van der Waals surface area contributed by atoms with Gasteiger partial charge in [-0.3, -0.25) is 4.90 Å². The number of nitrogens with two attached hydrogens (primary N) is 1. The van der Waals surface area contributed by atoms with Gasteiger partial charge in [-0.25, -0.2) is 0 Å². The lowest BCUT2D eigenvalue weighted by Gasteiger charge is -2.07. The molecule has 102 valence electrons. The number of aryl methyl sites for hydroxylation is 1. The van der Waals surface area contributed by atoms with Crippen LogP contribution in [0.2, 0.25) is 0 Å². The molecule has 0 bridgehead atoms. The van der Waals surface area contributed by atoms with Crippen molar-refractivity contribution in [2.24, 2.45) is 5.73 Å². The highest BCUT2D eigenvalue weighted by atomic mass is 15.1. The summed E-state index contributed by atoms with van der Waals surface area (Å²) in [5, 5.41) is 1.35. The van der Waals surface area contributed by atoms with Crippen LogP contribution >= 0.6 is 0 Å². The molecular formula is C16H23N3. The van der Waals surface area contributed by atoms with Crippen LogP contribution < -0.4 is 5.73 Å². The average molecular weight is 257 g/mol. The molecule has 3 heteroatoms. The minimum absolute atomic E-state index is 0.0903. The van der Waals surface area contributed by atoms with Gasteiger partial charge in [0.2, 0.25) is 0 Å². The minimum Gasteiger partial charge on any atom is -0.345 e. The predicted octanol–water partition coefficient (Wildman–Crippen LogP) is 2.93. The predicted molar refractivity (Wildman–Crippen MR) is 80.1 cm³/mol. The Kier molecular flexibility index (Phi) is 2.91. The maximum Gasteiger partial charge on any atom is 0.0489 e. The van der Waals surface area contributed by atoms with Crippen molar-refractivity contribution in [3.63, 3.8) is 0 Å². The lowest BCUT2D eigenvalue weighted by molar-refractivity contribution is 0.353. The Morgan fingerprint density at radius 3 is 2.47 bits per heavy atom. The monoisotopic (exact) mass is 257 g/mol. The second kappa shape index (κ2) is 4.36. The molecule has 0 amide bonds. The van der Waals surface area contributed by atoms with E-state index in [1.54, 1.807) is 0 Å². The third kappa shape index (κ3) is 1.80. The molecule has 1 aliphatic heterocycles. The number of hydrogen-bond acceptors (Lipinski definition) is 2. The molecule has 0 aliphatic carbocycles. The van der Waals surface area contributed by atoms with Gasteiger partial charge in [-0.05, 0) is 56.6 Å². The van der Waals surface area contributed by atoms with Crippen LogP contribution in [-0.4, -0.2) is 16.5 Å². The van der Waals surface area contributed by atoms with E-state index in [0.29, 0.717) is 0 Å². The largest absolute Gasteiger partial charge is 0.345 e. The third-order valence-corrected chi connectivity index (χ3v) is 4.35. The van der Waals surface area contributed by atoms with Crippen LogP contribution in [0.3, 0.4) is 0 Å². The summed E-state index contributed by atoms with van der Waals surface area (Å²) in [6, 6.07) is 4.83. The molecule has 2 heterocycles. The van der Waals surface area contributed by atoms with Gasteiger partial charge in [-0.2, -0.15) is 0 Å². The Labute approximate surface area is 115 Å². The smallest absolute Gasteiger partial charge is 0.0489 e. The normalized spacial score (nSPS) is 17.1. The molecular weight excluding hydrogens is 234 g/mol. The Hall–Kier alpha value is -1.32. The first kappa shape index (κ1) is 12.7. The van der Waals surface area contributed by atoms with Crippen molar-refractivity contribution in [3.8, 4) is 0 Å². The molecule has 2 aromatic rings. The van der Waals surface area contributed by atoms with E-state index in [4.69, 9.17) is 5.73 Å². The standard InChI is InChI=1S/C16H23N3/c1-5-19-11(3)16(10(2)17)14-6-12-8-18(4)9-13(12)7-15(14)19/h6-7,10H,5,8-9,17H2,1-4H3. The zero-order valence-corrected chi connectivity index (χ0v) is 12.3. The highest BCUT2D eigenvalue weighted by Gasteiger charge is 2.21. The van der Waals surface area contributed by atoms with Gasteiger partial charge >= 0.3 is 0 Å². The molecule has 3 nitrogen and oxygen atoms in total. The van der Waals surface area contributed by atoms with Crippen molar-refractivity contribution >= 4 is 10.9 Å². The number of nitrogens with zero attached hydrogens (tertiary/aromatic N) is 2. The molecule has 1 atom stereocenters. The lowest BCUT2D eigenvalue weighted by atomic mass is 10.0. The minimum atomic E-state index is 0.0903. The van der Waals surface area contributed by atoms with Gasteiger partial charge in [0.05, 0.1) is 0 Å². The summed E-state index contributed by atoms with van der Waals surface area (Å²) in [5.41, 5.74) is 13.1. The second-order valence-electron chi connectivity index (χ2n) is 5.84. The van der Waals surface area contributed by atoms with E-state index in [2.05, 4.69) is 49.4 Å². The van der Waals surface area contributed by atoms with Gasteiger partial charge in [0, 0.05) is 42.3 Å². The summed E-state index contributed by atoms with van der Waals surface area (Å²) >= 11 is 0. The van der Waals surface area contributed by atoms with Crippen LogP contribution in [0.4, 0.5) is 0 Å². The molecule has 0 radical (unpaired) electrons. The summed E-state index contributed by atoms with van der Waals surface area (Å²) in [6.07, 6.45) is 0. The van der Waals surface area contributed by atoms with Gasteiger partial charge in [-0.15, -0.1) is 0 Å². The Bertz CT molecular complexity index is 637. The van der Waals surface area contributed by atoms with Crippen molar-refractivity contribution in [3.05, 3.63) is 34.5 Å². The Balaban J connectivity index is 2.32. The summed E-state index contributed by atoms with van der Waals surface area (Å²) in [6.45, 7) is 9.60. The van der Waals surface area contributed by atoms with Crippen LogP contribution in [-0.2, 0) is 19.6 Å². The summed E-state index contributed by atoms with van der Waals surface area (Å²) in [5.74, 6) is 0. The second-order valence-corrected chi connectivity index (χ2v) is 5.84. The van der Waals surface area contributed by atoms with Crippen molar-refractivity contribution < 1.29 is 0 Å². The van der Waals surface area contributed by atoms with E-state index in [-0.39, 0.29) is 6.04 Å². The molecule has 1 aromatic heterocycles. The number of hydrogen-bond donors (Lipinski definition) is 1. The molecule has 3 rings (SSSR count). The van der Waals surface area contributed by atoms with E-state index < -0.39 is 0 Å². The first-order valence-corrected chi connectivity index (χ1v) is 7.11. The summed E-state index contributed by atoms with van der Waals surface area (Å²) in [7, 11) is 2.18. The van der Waals surface area contributed by atoms with Crippen LogP contribution in [0.15, 0.2) is 12.1 Å². The molecule has 0 spiro atoms. The molecule has 19 heavy (non-hydrogen) atoms. The fourth-order valence-electron chi connectivity index (χ4n) is 3.55. The zero-order chi connectivity index (χ0) is 13.7. The molecule has 0 saturated carbocycles. The maximum atomic E-state index is 6.20. The number of benzene rings is 1. The van der Waals surface area contributed by atoms with E-state index in [1.165, 1.54) is 33.3 Å². The van der Waals surface area contributed by atoms with E-state index in [0.717, 1.165) is 19.6 Å². The van der Waals surface area contributed by atoms with Gasteiger partial charge in [0.1, 0.15) is 0 Å². The fraction of sp³-hybridized carbons (Fsp3) is 0.500. The van der Waals surface area contributed by atoms with Gasteiger partial charge in [0.15, 0.2) is 0 Å². The van der Waals surface area contributed by atoms with Crippen molar-refractivity contribution in [2.45, 2.75) is 46.4 Å². The van der Waals surface area contributed by atoms with E-state index >= 15 is 0 Å². The van der Waals surface area contributed by atoms with Gasteiger partial charge in [-0.1, -0.05) is 0 Å². The highest BCUT2D eigenvalue weighted by molar-refractivity contribution is 5.87. The van der Waals surface area contributed by atoms with E-state index in [9.17, 15) is 0 Å². The maximum absolute atomic E-state index is 6.20. The number of rotatable bonds is 2. The first-order valence-electron chi connectivity index (χ1n) is 7.11. The SMILES string of the molecule is CCn1c(C)c(C(C)N)c2cc3c(cc21)CN(C)C3. The van der Waals surface area contributed by atoms with Crippen LogP contribution in [0.5, 0.6) is 0 Å². The number of fused-ring (bicyclic) bond motifs is 2. The molecule has 1 aliphatic rings.